The predicted octanol–water partition coefficient (Wildman–Crippen LogP) is 3.85. The van der Waals surface area contributed by atoms with Gasteiger partial charge in [-0.2, -0.15) is 5.10 Å². The summed E-state index contributed by atoms with van der Waals surface area (Å²) in [5, 5.41) is 6.54. The van der Waals surface area contributed by atoms with Crippen molar-refractivity contribution in [2.75, 3.05) is 0 Å². The second-order valence-corrected chi connectivity index (χ2v) is 7.23. The lowest BCUT2D eigenvalue weighted by atomic mass is 10.0. The molecule has 1 unspecified atom stereocenters. The van der Waals surface area contributed by atoms with Crippen LogP contribution in [-0.4, -0.2) is 24.1 Å². The van der Waals surface area contributed by atoms with Crippen LogP contribution in [0.1, 0.15) is 55.1 Å². The van der Waals surface area contributed by atoms with Gasteiger partial charge in [-0.1, -0.05) is 64.1 Å². The molecule has 5 nitrogen and oxygen atoms in total. The Labute approximate surface area is 165 Å². The molecular formula is C22H26FN3O2. The second kappa shape index (κ2) is 9.78. The SMILES string of the molecule is CC(C)c1ccc(/C=N/NC(=O)C(NC(=O)c2ccccc2F)C(C)C)cc1. The van der Waals surface area contributed by atoms with Crippen molar-refractivity contribution in [2.24, 2.45) is 11.0 Å². The van der Waals surface area contributed by atoms with E-state index in [4.69, 9.17) is 0 Å². The van der Waals surface area contributed by atoms with E-state index in [1.807, 2.05) is 24.3 Å². The zero-order valence-electron chi connectivity index (χ0n) is 16.6. The zero-order valence-corrected chi connectivity index (χ0v) is 16.6. The van der Waals surface area contributed by atoms with Crippen LogP contribution in [0.3, 0.4) is 0 Å². The Morgan fingerprint density at radius 2 is 1.64 bits per heavy atom. The van der Waals surface area contributed by atoms with Gasteiger partial charge in [0.2, 0.25) is 0 Å². The highest BCUT2D eigenvalue weighted by Gasteiger charge is 2.25. The Bertz CT molecular complexity index is 845. The summed E-state index contributed by atoms with van der Waals surface area (Å²) in [6, 6.07) is 12.7. The molecule has 2 N–H and O–H groups in total. The Balaban J connectivity index is 2.00. The van der Waals surface area contributed by atoms with Crippen LogP contribution < -0.4 is 10.7 Å². The highest BCUT2D eigenvalue weighted by atomic mass is 19.1. The standard InChI is InChI=1S/C22H26FN3O2/c1-14(2)17-11-9-16(10-12-17)13-24-26-22(28)20(15(3)4)25-21(27)18-7-5-6-8-19(18)23/h5-15,20H,1-4H3,(H,25,27)(H,26,28)/b24-13+. The van der Waals surface area contributed by atoms with Crippen LogP contribution in [0, 0.1) is 11.7 Å². The molecule has 0 spiro atoms. The first-order valence-electron chi connectivity index (χ1n) is 9.28. The first-order chi connectivity index (χ1) is 13.3. The van der Waals surface area contributed by atoms with Crippen LogP contribution in [0.25, 0.3) is 0 Å². The van der Waals surface area contributed by atoms with Crippen molar-refractivity contribution in [3.05, 3.63) is 71.0 Å². The molecule has 0 saturated heterocycles. The van der Waals surface area contributed by atoms with Gasteiger partial charge in [0.05, 0.1) is 11.8 Å². The fourth-order valence-corrected chi connectivity index (χ4v) is 2.61. The van der Waals surface area contributed by atoms with Crippen molar-refractivity contribution in [1.82, 2.24) is 10.7 Å². The van der Waals surface area contributed by atoms with Crippen molar-refractivity contribution >= 4 is 18.0 Å². The number of hydrogen-bond acceptors (Lipinski definition) is 3. The molecule has 28 heavy (non-hydrogen) atoms. The molecule has 0 bridgehead atoms. The molecule has 2 amide bonds. The van der Waals surface area contributed by atoms with Crippen LogP contribution >= 0.6 is 0 Å². The van der Waals surface area contributed by atoms with Crippen molar-refractivity contribution in [3.8, 4) is 0 Å². The Kier molecular flexibility index (Phi) is 7.44. The van der Waals surface area contributed by atoms with E-state index in [-0.39, 0.29) is 11.5 Å². The molecular weight excluding hydrogens is 357 g/mol. The molecule has 0 radical (unpaired) electrons. The molecule has 148 valence electrons. The van der Waals surface area contributed by atoms with Gasteiger partial charge in [0.1, 0.15) is 11.9 Å². The minimum atomic E-state index is -0.840. The average molecular weight is 383 g/mol. The van der Waals surface area contributed by atoms with E-state index in [1.165, 1.54) is 30.0 Å². The molecule has 2 rings (SSSR count). The number of nitrogens with zero attached hydrogens (tertiary/aromatic N) is 1. The number of rotatable bonds is 7. The zero-order chi connectivity index (χ0) is 20.7. The van der Waals surface area contributed by atoms with Crippen LogP contribution in [0.5, 0.6) is 0 Å². The van der Waals surface area contributed by atoms with Crippen molar-refractivity contribution in [3.63, 3.8) is 0 Å². The number of carbonyl (C=O) groups is 2. The second-order valence-electron chi connectivity index (χ2n) is 7.23. The Morgan fingerprint density at radius 3 is 2.21 bits per heavy atom. The molecule has 0 aromatic heterocycles. The molecule has 0 aliphatic heterocycles. The smallest absolute Gasteiger partial charge is 0.262 e. The summed E-state index contributed by atoms with van der Waals surface area (Å²) in [5.41, 5.74) is 4.41. The minimum absolute atomic E-state index is 0.102. The molecule has 2 aromatic carbocycles. The summed E-state index contributed by atoms with van der Waals surface area (Å²) in [6.07, 6.45) is 1.54. The average Bonchev–Trinajstić information content (AvgIpc) is 2.66. The van der Waals surface area contributed by atoms with Gasteiger partial charge in [0.25, 0.3) is 11.8 Å². The van der Waals surface area contributed by atoms with Crippen LogP contribution in [0.15, 0.2) is 53.6 Å². The van der Waals surface area contributed by atoms with Crippen molar-refractivity contribution in [1.29, 1.82) is 0 Å². The molecule has 6 heteroatoms. The van der Waals surface area contributed by atoms with Gasteiger partial charge in [-0.3, -0.25) is 9.59 Å². The van der Waals surface area contributed by atoms with Gasteiger partial charge in [-0.15, -0.1) is 0 Å². The third kappa shape index (κ3) is 5.74. The summed E-state index contributed by atoms with van der Waals surface area (Å²) < 4.78 is 13.8. The molecule has 0 aliphatic carbocycles. The van der Waals surface area contributed by atoms with E-state index in [1.54, 1.807) is 19.9 Å². The third-order valence-electron chi connectivity index (χ3n) is 4.35. The van der Waals surface area contributed by atoms with Gasteiger partial charge in [0, 0.05) is 0 Å². The Hall–Kier alpha value is -3.02. The summed E-state index contributed by atoms with van der Waals surface area (Å²) in [4.78, 5) is 24.7. The summed E-state index contributed by atoms with van der Waals surface area (Å²) >= 11 is 0. The largest absolute Gasteiger partial charge is 0.340 e. The van der Waals surface area contributed by atoms with Gasteiger partial charge < -0.3 is 5.32 Å². The van der Waals surface area contributed by atoms with E-state index in [0.717, 1.165) is 5.56 Å². The number of halogens is 1. The molecule has 0 heterocycles. The maximum absolute atomic E-state index is 13.8. The summed E-state index contributed by atoms with van der Waals surface area (Å²) in [5.74, 6) is -1.49. The van der Waals surface area contributed by atoms with E-state index in [9.17, 15) is 14.0 Å². The molecule has 0 aliphatic rings. The van der Waals surface area contributed by atoms with Crippen LogP contribution in [0.4, 0.5) is 4.39 Å². The van der Waals surface area contributed by atoms with E-state index in [2.05, 4.69) is 29.7 Å². The van der Waals surface area contributed by atoms with Crippen molar-refractivity contribution < 1.29 is 14.0 Å². The van der Waals surface area contributed by atoms with Crippen LogP contribution in [-0.2, 0) is 4.79 Å². The number of benzene rings is 2. The maximum Gasteiger partial charge on any atom is 0.262 e. The molecule has 0 saturated carbocycles. The van der Waals surface area contributed by atoms with E-state index >= 15 is 0 Å². The Morgan fingerprint density at radius 1 is 1.00 bits per heavy atom. The van der Waals surface area contributed by atoms with Crippen LogP contribution in [0.2, 0.25) is 0 Å². The third-order valence-corrected chi connectivity index (χ3v) is 4.35. The lowest BCUT2D eigenvalue weighted by Gasteiger charge is -2.20. The fourth-order valence-electron chi connectivity index (χ4n) is 2.61. The number of hydrogen-bond donors (Lipinski definition) is 2. The highest BCUT2D eigenvalue weighted by Crippen LogP contribution is 2.14. The lowest BCUT2D eigenvalue weighted by Crippen LogP contribution is -2.48. The number of amides is 2. The molecule has 2 aromatic rings. The highest BCUT2D eigenvalue weighted by molar-refractivity contribution is 5.98. The van der Waals surface area contributed by atoms with Gasteiger partial charge in [-0.25, -0.2) is 9.82 Å². The molecule has 0 fully saturated rings. The van der Waals surface area contributed by atoms with Gasteiger partial charge >= 0.3 is 0 Å². The van der Waals surface area contributed by atoms with Gasteiger partial charge in [0.15, 0.2) is 0 Å². The quantitative estimate of drug-likeness (QED) is 0.563. The topological polar surface area (TPSA) is 70.6 Å². The maximum atomic E-state index is 13.8. The molecule has 1 atom stereocenters. The summed E-state index contributed by atoms with van der Waals surface area (Å²) in [6.45, 7) is 7.82. The van der Waals surface area contributed by atoms with E-state index in [0.29, 0.717) is 5.92 Å². The minimum Gasteiger partial charge on any atom is -0.340 e. The van der Waals surface area contributed by atoms with Crippen molar-refractivity contribution in [2.45, 2.75) is 39.7 Å². The lowest BCUT2D eigenvalue weighted by molar-refractivity contribution is -0.123. The summed E-state index contributed by atoms with van der Waals surface area (Å²) in [7, 11) is 0. The monoisotopic (exact) mass is 383 g/mol. The predicted molar refractivity (Wildman–Crippen MR) is 109 cm³/mol. The first-order valence-corrected chi connectivity index (χ1v) is 9.28. The first kappa shape index (κ1) is 21.3. The number of hydrazone groups is 1. The van der Waals surface area contributed by atoms with E-state index < -0.39 is 23.7 Å². The fraction of sp³-hybridized carbons (Fsp3) is 0.318. The van der Waals surface area contributed by atoms with Gasteiger partial charge in [-0.05, 0) is 35.1 Å². The number of nitrogens with one attached hydrogen (secondary N) is 2. The normalized spacial score (nSPS) is 12.4. The number of carbonyl (C=O) groups excluding carboxylic acids is 2.